The molecule has 0 unspecified atom stereocenters. The van der Waals surface area contributed by atoms with Crippen molar-refractivity contribution in [1.82, 2.24) is 9.80 Å². The first kappa shape index (κ1) is 17.2. The summed E-state index contributed by atoms with van der Waals surface area (Å²) in [5, 5.41) is 2.88. The van der Waals surface area contributed by atoms with Crippen LogP contribution in [0.3, 0.4) is 0 Å². The summed E-state index contributed by atoms with van der Waals surface area (Å²) in [4.78, 5) is 27.3. The van der Waals surface area contributed by atoms with Crippen molar-refractivity contribution < 1.29 is 9.59 Å². The maximum absolute atomic E-state index is 12.1. The van der Waals surface area contributed by atoms with E-state index in [1.165, 1.54) is 6.92 Å². The number of rotatable bonds is 6. The molecule has 0 spiro atoms. The molecule has 1 aromatic carbocycles. The molecule has 0 aliphatic heterocycles. The number of hydrogen-bond acceptors (Lipinski definition) is 3. The normalized spacial score (nSPS) is 10.6. The third kappa shape index (κ3) is 5.55. The maximum Gasteiger partial charge on any atom is 0.244 e. The van der Waals surface area contributed by atoms with Crippen LogP contribution in [0.25, 0.3) is 0 Å². The van der Waals surface area contributed by atoms with Crippen LogP contribution < -0.4 is 5.32 Å². The monoisotopic (exact) mass is 291 g/mol. The highest BCUT2D eigenvalue weighted by Crippen LogP contribution is 2.17. The van der Waals surface area contributed by atoms with E-state index < -0.39 is 0 Å². The highest BCUT2D eigenvalue weighted by atomic mass is 16.2. The minimum atomic E-state index is -0.169. The summed E-state index contributed by atoms with van der Waals surface area (Å²) >= 11 is 0. The molecule has 0 saturated carbocycles. The first-order chi connectivity index (χ1) is 9.81. The molecule has 0 aliphatic rings. The largest absolute Gasteiger partial charge is 0.332 e. The Morgan fingerprint density at radius 2 is 1.81 bits per heavy atom. The zero-order valence-corrected chi connectivity index (χ0v) is 13.6. The molecule has 5 heteroatoms. The molecule has 0 radical (unpaired) electrons. The predicted octanol–water partition coefficient (Wildman–Crippen LogP) is 1.65. The van der Waals surface area contributed by atoms with Crippen molar-refractivity contribution in [3.63, 3.8) is 0 Å². The Morgan fingerprint density at radius 3 is 2.38 bits per heavy atom. The van der Waals surface area contributed by atoms with Gasteiger partial charge >= 0.3 is 0 Å². The fourth-order valence-corrected chi connectivity index (χ4v) is 1.92. The van der Waals surface area contributed by atoms with Gasteiger partial charge in [-0.05, 0) is 45.1 Å². The molecule has 0 aliphatic carbocycles. The van der Waals surface area contributed by atoms with Crippen molar-refractivity contribution in [1.29, 1.82) is 0 Å². The molecular weight excluding hydrogens is 266 g/mol. The Labute approximate surface area is 126 Å². The summed E-state index contributed by atoms with van der Waals surface area (Å²) < 4.78 is 0. The van der Waals surface area contributed by atoms with Gasteiger partial charge in [-0.15, -0.1) is 0 Å². The van der Waals surface area contributed by atoms with Gasteiger partial charge < -0.3 is 15.1 Å². The SMILES string of the molecule is CC(=O)N(CCN(C)C)CC(=O)Nc1cccc(C)c1C. The van der Waals surface area contributed by atoms with Crippen LogP contribution in [0, 0.1) is 13.8 Å². The smallest absolute Gasteiger partial charge is 0.244 e. The highest BCUT2D eigenvalue weighted by Gasteiger charge is 2.14. The van der Waals surface area contributed by atoms with E-state index in [1.807, 2.05) is 51.0 Å². The van der Waals surface area contributed by atoms with Gasteiger partial charge in [0.2, 0.25) is 11.8 Å². The number of anilines is 1. The second-order valence-corrected chi connectivity index (χ2v) is 5.54. The number of amides is 2. The van der Waals surface area contributed by atoms with Crippen molar-refractivity contribution in [3.05, 3.63) is 29.3 Å². The number of benzene rings is 1. The van der Waals surface area contributed by atoms with Gasteiger partial charge in [-0.25, -0.2) is 0 Å². The first-order valence-electron chi connectivity index (χ1n) is 7.07. The van der Waals surface area contributed by atoms with Crippen molar-refractivity contribution in [2.75, 3.05) is 39.0 Å². The Hall–Kier alpha value is -1.88. The predicted molar refractivity (Wildman–Crippen MR) is 85.4 cm³/mol. The van der Waals surface area contributed by atoms with Gasteiger partial charge in [0.05, 0.1) is 6.54 Å². The Morgan fingerprint density at radius 1 is 1.14 bits per heavy atom. The second kappa shape index (κ2) is 7.78. The average molecular weight is 291 g/mol. The minimum Gasteiger partial charge on any atom is -0.332 e. The van der Waals surface area contributed by atoms with Crippen LogP contribution in [0.4, 0.5) is 5.69 Å². The molecule has 21 heavy (non-hydrogen) atoms. The van der Waals surface area contributed by atoms with Crippen molar-refractivity contribution >= 4 is 17.5 Å². The lowest BCUT2D eigenvalue weighted by atomic mass is 10.1. The maximum atomic E-state index is 12.1. The molecular formula is C16H25N3O2. The summed E-state index contributed by atoms with van der Waals surface area (Å²) in [5.41, 5.74) is 2.98. The van der Waals surface area contributed by atoms with Crippen LogP contribution in [-0.4, -0.2) is 55.3 Å². The molecule has 116 valence electrons. The molecule has 1 aromatic rings. The zero-order valence-electron chi connectivity index (χ0n) is 13.6. The third-order valence-corrected chi connectivity index (χ3v) is 3.48. The third-order valence-electron chi connectivity index (χ3n) is 3.48. The van der Waals surface area contributed by atoms with Gasteiger partial charge in [0, 0.05) is 25.7 Å². The first-order valence-corrected chi connectivity index (χ1v) is 7.07. The summed E-state index contributed by atoms with van der Waals surface area (Å²) in [5.74, 6) is -0.259. The van der Waals surface area contributed by atoms with Gasteiger partial charge in [-0.1, -0.05) is 12.1 Å². The van der Waals surface area contributed by atoms with Gasteiger partial charge in [-0.3, -0.25) is 9.59 Å². The van der Waals surface area contributed by atoms with Crippen LogP contribution in [0.15, 0.2) is 18.2 Å². The van der Waals surface area contributed by atoms with Crippen LogP contribution in [-0.2, 0) is 9.59 Å². The molecule has 0 heterocycles. The number of carbonyl (C=O) groups is 2. The lowest BCUT2D eigenvalue weighted by molar-refractivity contribution is -0.132. The number of nitrogens with one attached hydrogen (secondary N) is 1. The molecule has 2 amide bonds. The van der Waals surface area contributed by atoms with E-state index in [1.54, 1.807) is 4.90 Å². The number of aryl methyl sites for hydroxylation is 1. The fourth-order valence-electron chi connectivity index (χ4n) is 1.92. The molecule has 5 nitrogen and oxygen atoms in total. The van der Waals surface area contributed by atoms with E-state index >= 15 is 0 Å². The lowest BCUT2D eigenvalue weighted by Crippen LogP contribution is -2.40. The standard InChI is InChI=1S/C16H25N3O2/c1-12-7-6-8-15(13(12)2)17-16(21)11-19(14(3)20)10-9-18(4)5/h6-8H,9-11H2,1-5H3,(H,17,21). The van der Waals surface area contributed by atoms with E-state index in [0.29, 0.717) is 6.54 Å². The van der Waals surface area contributed by atoms with Crippen LogP contribution >= 0.6 is 0 Å². The summed E-state index contributed by atoms with van der Waals surface area (Å²) in [7, 11) is 3.88. The van der Waals surface area contributed by atoms with Gasteiger partial charge in [0.25, 0.3) is 0 Å². The summed E-state index contributed by atoms with van der Waals surface area (Å²) in [6.45, 7) is 6.82. The number of nitrogens with zero attached hydrogens (tertiary/aromatic N) is 2. The topological polar surface area (TPSA) is 52.7 Å². The molecule has 1 N–H and O–H groups in total. The Bertz CT molecular complexity index is 512. The summed E-state index contributed by atoms with van der Waals surface area (Å²) in [6, 6.07) is 5.79. The Balaban J connectivity index is 2.65. The van der Waals surface area contributed by atoms with Crippen LogP contribution in [0.5, 0.6) is 0 Å². The zero-order chi connectivity index (χ0) is 16.0. The molecule has 0 fully saturated rings. The van der Waals surface area contributed by atoms with Gasteiger partial charge in [-0.2, -0.15) is 0 Å². The second-order valence-electron chi connectivity index (χ2n) is 5.54. The van der Waals surface area contributed by atoms with Crippen molar-refractivity contribution in [2.45, 2.75) is 20.8 Å². The average Bonchev–Trinajstić information content (AvgIpc) is 2.39. The van der Waals surface area contributed by atoms with Crippen LogP contribution in [0.1, 0.15) is 18.1 Å². The van der Waals surface area contributed by atoms with Crippen molar-refractivity contribution in [3.8, 4) is 0 Å². The number of carbonyl (C=O) groups excluding carboxylic acids is 2. The minimum absolute atomic E-state index is 0.0799. The lowest BCUT2D eigenvalue weighted by Gasteiger charge is -2.22. The van der Waals surface area contributed by atoms with E-state index in [2.05, 4.69) is 5.32 Å². The summed E-state index contributed by atoms with van der Waals surface area (Å²) in [6.07, 6.45) is 0. The van der Waals surface area contributed by atoms with Crippen LogP contribution in [0.2, 0.25) is 0 Å². The quantitative estimate of drug-likeness (QED) is 0.867. The van der Waals surface area contributed by atoms with E-state index in [0.717, 1.165) is 23.4 Å². The molecule has 1 rings (SSSR count). The van der Waals surface area contributed by atoms with Gasteiger partial charge in [0.15, 0.2) is 0 Å². The number of likely N-dealkylation sites (N-methyl/N-ethyl adjacent to an activating group) is 1. The molecule has 0 bridgehead atoms. The van der Waals surface area contributed by atoms with Crippen molar-refractivity contribution in [2.24, 2.45) is 0 Å². The highest BCUT2D eigenvalue weighted by molar-refractivity contribution is 5.95. The number of hydrogen-bond donors (Lipinski definition) is 1. The van der Waals surface area contributed by atoms with Gasteiger partial charge in [0.1, 0.15) is 0 Å². The van der Waals surface area contributed by atoms with E-state index in [4.69, 9.17) is 0 Å². The van der Waals surface area contributed by atoms with E-state index in [9.17, 15) is 9.59 Å². The fraction of sp³-hybridized carbons (Fsp3) is 0.500. The molecule has 0 aromatic heterocycles. The Kier molecular flexibility index (Phi) is 6.37. The molecule has 0 atom stereocenters. The molecule has 0 saturated heterocycles. The van der Waals surface area contributed by atoms with E-state index in [-0.39, 0.29) is 18.4 Å².